The molecule has 1 aromatic carbocycles. The van der Waals surface area contributed by atoms with Gasteiger partial charge in [-0.25, -0.2) is 13.1 Å². The second-order valence-electron chi connectivity index (χ2n) is 5.46. The molecule has 0 bridgehead atoms. The van der Waals surface area contributed by atoms with Crippen molar-refractivity contribution in [3.8, 4) is 0 Å². The third kappa shape index (κ3) is 3.24. The SMILES string of the molecule is CCNS(=O)(=O)c1ccc(N)c(NCC2(CC)CC2)c1. The van der Waals surface area contributed by atoms with Gasteiger partial charge in [0.25, 0.3) is 0 Å². The number of nitrogens with two attached hydrogens (primary N) is 1. The van der Waals surface area contributed by atoms with Gasteiger partial charge < -0.3 is 11.1 Å². The van der Waals surface area contributed by atoms with E-state index in [2.05, 4.69) is 17.0 Å². The van der Waals surface area contributed by atoms with Gasteiger partial charge >= 0.3 is 0 Å². The molecule has 1 aromatic rings. The topological polar surface area (TPSA) is 84.2 Å². The van der Waals surface area contributed by atoms with E-state index in [0.717, 1.165) is 13.0 Å². The number of rotatable bonds is 7. The third-order valence-electron chi connectivity index (χ3n) is 4.03. The zero-order chi connectivity index (χ0) is 14.8. The molecule has 1 saturated carbocycles. The van der Waals surface area contributed by atoms with Crippen molar-refractivity contribution in [3.05, 3.63) is 18.2 Å². The Morgan fingerprint density at radius 3 is 2.55 bits per heavy atom. The number of benzene rings is 1. The molecule has 0 unspecified atom stereocenters. The number of nitrogens with one attached hydrogen (secondary N) is 2. The number of sulfonamides is 1. The molecule has 0 radical (unpaired) electrons. The first-order valence-corrected chi connectivity index (χ1v) is 8.54. The summed E-state index contributed by atoms with van der Waals surface area (Å²) in [7, 11) is -3.44. The van der Waals surface area contributed by atoms with Gasteiger partial charge in [-0.05, 0) is 42.9 Å². The summed E-state index contributed by atoms with van der Waals surface area (Å²) in [5.74, 6) is 0. The summed E-state index contributed by atoms with van der Waals surface area (Å²) in [6, 6.07) is 4.78. The van der Waals surface area contributed by atoms with Crippen LogP contribution in [-0.4, -0.2) is 21.5 Å². The molecule has 112 valence electrons. The lowest BCUT2D eigenvalue weighted by molar-refractivity contribution is 0.521. The van der Waals surface area contributed by atoms with Gasteiger partial charge in [0, 0.05) is 13.1 Å². The maximum absolute atomic E-state index is 12.0. The van der Waals surface area contributed by atoms with Gasteiger partial charge in [0.1, 0.15) is 0 Å². The Morgan fingerprint density at radius 1 is 1.30 bits per heavy atom. The first-order valence-electron chi connectivity index (χ1n) is 7.05. The Hall–Kier alpha value is -1.27. The molecule has 0 saturated heterocycles. The van der Waals surface area contributed by atoms with Crippen molar-refractivity contribution in [2.75, 3.05) is 24.1 Å². The fourth-order valence-electron chi connectivity index (χ4n) is 2.24. The molecule has 1 aliphatic carbocycles. The zero-order valence-electron chi connectivity index (χ0n) is 12.1. The summed E-state index contributed by atoms with van der Waals surface area (Å²) in [6.45, 7) is 5.16. The van der Waals surface area contributed by atoms with Gasteiger partial charge in [0.05, 0.1) is 16.3 Å². The standard InChI is InChI=1S/C14H23N3O2S/c1-3-14(7-8-14)10-16-13-9-11(5-6-12(13)15)20(18,19)17-4-2/h5-6,9,16-17H,3-4,7-8,10,15H2,1-2H3. The maximum Gasteiger partial charge on any atom is 0.240 e. The molecule has 4 N–H and O–H groups in total. The maximum atomic E-state index is 12.0. The van der Waals surface area contributed by atoms with Crippen LogP contribution < -0.4 is 15.8 Å². The lowest BCUT2D eigenvalue weighted by atomic mass is 10.0. The Labute approximate surface area is 121 Å². The second kappa shape index (κ2) is 5.61. The van der Waals surface area contributed by atoms with E-state index in [1.807, 2.05) is 0 Å². The van der Waals surface area contributed by atoms with Crippen LogP contribution in [0, 0.1) is 5.41 Å². The summed E-state index contributed by atoms with van der Waals surface area (Å²) in [5.41, 5.74) is 7.57. The third-order valence-corrected chi connectivity index (χ3v) is 5.57. The molecule has 0 spiro atoms. The quantitative estimate of drug-likeness (QED) is 0.673. The highest BCUT2D eigenvalue weighted by atomic mass is 32.2. The molecule has 0 aliphatic heterocycles. The monoisotopic (exact) mass is 297 g/mol. The van der Waals surface area contributed by atoms with Gasteiger partial charge in [-0.15, -0.1) is 0 Å². The first kappa shape index (κ1) is 15.1. The van der Waals surface area contributed by atoms with Crippen LogP contribution in [0.3, 0.4) is 0 Å². The van der Waals surface area contributed by atoms with Gasteiger partial charge in [0.2, 0.25) is 10.0 Å². The first-order chi connectivity index (χ1) is 9.42. The average molecular weight is 297 g/mol. The van der Waals surface area contributed by atoms with Crippen LogP contribution in [0.5, 0.6) is 0 Å². The molecule has 0 aromatic heterocycles. The predicted molar refractivity (Wildman–Crippen MR) is 82.2 cm³/mol. The Bertz CT molecular complexity index is 580. The van der Waals surface area contributed by atoms with Crippen molar-refractivity contribution in [3.63, 3.8) is 0 Å². The van der Waals surface area contributed by atoms with E-state index in [9.17, 15) is 8.42 Å². The molecule has 0 amide bonds. The molecule has 2 rings (SSSR count). The lowest BCUT2D eigenvalue weighted by Crippen LogP contribution is -2.23. The minimum atomic E-state index is -3.44. The van der Waals surface area contributed by atoms with E-state index in [4.69, 9.17) is 5.73 Å². The number of hydrogen-bond donors (Lipinski definition) is 3. The van der Waals surface area contributed by atoms with Gasteiger partial charge in [-0.1, -0.05) is 13.8 Å². The molecule has 20 heavy (non-hydrogen) atoms. The Balaban J connectivity index is 2.17. The van der Waals surface area contributed by atoms with Crippen LogP contribution in [0.1, 0.15) is 33.1 Å². The van der Waals surface area contributed by atoms with Crippen molar-refractivity contribution < 1.29 is 8.42 Å². The van der Waals surface area contributed by atoms with Crippen molar-refractivity contribution >= 4 is 21.4 Å². The fraction of sp³-hybridized carbons (Fsp3) is 0.571. The van der Waals surface area contributed by atoms with Crippen LogP contribution in [0.25, 0.3) is 0 Å². The van der Waals surface area contributed by atoms with Crippen molar-refractivity contribution in [2.45, 2.75) is 38.0 Å². The normalized spacial score (nSPS) is 16.9. The summed E-state index contributed by atoms with van der Waals surface area (Å²) in [6.07, 6.45) is 3.59. The minimum Gasteiger partial charge on any atom is -0.397 e. The van der Waals surface area contributed by atoms with Crippen molar-refractivity contribution in [2.24, 2.45) is 5.41 Å². The molecular formula is C14H23N3O2S. The molecule has 0 atom stereocenters. The van der Waals surface area contributed by atoms with Crippen LogP contribution in [0.2, 0.25) is 0 Å². The second-order valence-corrected chi connectivity index (χ2v) is 7.22. The predicted octanol–water partition coefficient (Wildman–Crippen LogP) is 2.17. The minimum absolute atomic E-state index is 0.248. The average Bonchev–Trinajstić information content (AvgIpc) is 3.18. The number of anilines is 2. The van der Waals surface area contributed by atoms with Crippen LogP contribution in [0.15, 0.2) is 23.1 Å². The van der Waals surface area contributed by atoms with E-state index in [1.165, 1.54) is 18.9 Å². The van der Waals surface area contributed by atoms with E-state index in [-0.39, 0.29) is 4.90 Å². The zero-order valence-corrected chi connectivity index (χ0v) is 12.9. The Kier molecular flexibility index (Phi) is 4.25. The summed E-state index contributed by atoms with van der Waals surface area (Å²) >= 11 is 0. The van der Waals surface area contributed by atoms with E-state index < -0.39 is 10.0 Å². The van der Waals surface area contributed by atoms with Gasteiger partial charge in [0.15, 0.2) is 0 Å². The lowest BCUT2D eigenvalue weighted by Gasteiger charge is -2.16. The highest BCUT2D eigenvalue weighted by Crippen LogP contribution is 2.48. The molecule has 5 nitrogen and oxygen atoms in total. The number of nitrogen functional groups attached to an aromatic ring is 1. The van der Waals surface area contributed by atoms with Gasteiger partial charge in [-0.2, -0.15) is 0 Å². The van der Waals surface area contributed by atoms with E-state index >= 15 is 0 Å². The largest absolute Gasteiger partial charge is 0.397 e. The highest BCUT2D eigenvalue weighted by Gasteiger charge is 2.40. The number of hydrogen-bond acceptors (Lipinski definition) is 4. The summed E-state index contributed by atoms with van der Waals surface area (Å²) in [5, 5.41) is 3.30. The fourth-order valence-corrected chi connectivity index (χ4v) is 3.31. The highest BCUT2D eigenvalue weighted by molar-refractivity contribution is 7.89. The summed E-state index contributed by atoms with van der Waals surface area (Å²) in [4.78, 5) is 0.248. The van der Waals surface area contributed by atoms with Crippen LogP contribution in [0.4, 0.5) is 11.4 Å². The Morgan fingerprint density at radius 2 is 2.00 bits per heavy atom. The van der Waals surface area contributed by atoms with Crippen LogP contribution >= 0.6 is 0 Å². The van der Waals surface area contributed by atoms with Crippen LogP contribution in [-0.2, 0) is 10.0 Å². The molecule has 1 aliphatic rings. The molecule has 0 heterocycles. The van der Waals surface area contributed by atoms with E-state index in [0.29, 0.717) is 23.3 Å². The molecule has 1 fully saturated rings. The summed E-state index contributed by atoms with van der Waals surface area (Å²) < 4.78 is 26.5. The van der Waals surface area contributed by atoms with Gasteiger partial charge in [-0.3, -0.25) is 0 Å². The molecular weight excluding hydrogens is 274 g/mol. The molecule has 6 heteroatoms. The van der Waals surface area contributed by atoms with Crippen molar-refractivity contribution in [1.82, 2.24) is 4.72 Å². The van der Waals surface area contributed by atoms with E-state index in [1.54, 1.807) is 19.1 Å². The smallest absolute Gasteiger partial charge is 0.240 e. The van der Waals surface area contributed by atoms with Crippen molar-refractivity contribution in [1.29, 1.82) is 0 Å².